The first-order chi connectivity index (χ1) is 1.89. The SMILES string of the molecule is CC1N[NH2+]1. The van der Waals surface area contributed by atoms with Crippen LogP contribution < -0.4 is 10.9 Å². The van der Waals surface area contributed by atoms with Crippen molar-refractivity contribution in [1.82, 2.24) is 5.43 Å². The summed E-state index contributed by atoms with van der Waals surface area (Å²) in [6, 6.07) is 0. The second-order valence-corrected chi connectivity index (χ2v) is 1.12. The largest absolute Gasteiger partial charge is 0.245 e. The molecule has 1 rings (SSSR count). The van der Waals surface area contributed by atoms with E-state index in [1.807, 2.05) is 5.43 Å². The molecule has 1 atom stereocenters. The maximum atomic E-state index is 2.97. The molecule has 0 aromatic carbocycles. The van der Waals surface area contributed by atoms with Crippen molar-refractivity contribution in [3.63, 3.8) is 0 Å². The minimum Gasteiger partial charge on any atom is -0.245 e. The zero-order valence-electron chi connectivity index (χ0n) is 2.65. The second-order valence-electron chi connectivity index (χ2n) is 1.12. The van der Waals surface area contributed by atoms with Gasteiger partial charge in [0, 0.05) is 6.92 Å². The lowest BCUT2D eigenvalue weighted by molar-refractivity contribution is -0.525. The lowest BCUT2D eigenvalue weighted by Crippen LogP contribution is -2.62. The number of nitrogens with two attached hydrogens (primary N) is 1. The summed E-state index contributed by atoms with van der Waals surface area (Å²) in [6.45, 7) is 2.11. The van der Waals surface area contributed by atoms with Crippen molar-refractivity contribution in [3.05, 3.63) is 0 Å². The zero-order valence-corrected chi connectivity index (χ0v) is 2.65. The van der Waals surface area contributed by atoms with Crippen LogP contribution in [0.1, 0.15) is 6.92 Å². The summed E-state index contributed by atoms with van der Waals surface area (Å²) in [5.74, 6) is 0. The molecule has 2 heteroatoms. The Labute approximate surface area is 25.2 Å². The van der Waals surface area contributed by atoms with Gasteiger partial charge >= 0.3 is 0 Å². The highest BCUT2D eigenvalue weighted by Gasteiger charge is 2.16. The van der Waals surface area contributed by atoms with Gasteiger partial charge in [-0.15, -0.1) is 5.43 Å². The van der Waals surface area contributed by atoms with E-state index < -0.39 is 0 Å². The number of hydrogen-bond acceptors (Lipinski definition) is 1. The second kappa shape index (κ2) is 0.445. The summed E-state index contributed by atoms with van der Waals surface area (Å²) in [5, 5.41) is 0. The molecule has 0 radical (unpaired) electrons. The van der Waals surface area contributed by atoms with Crippen LogP contribution in [0.5, 0.6) is 0 Å². The van der Waals surface area contributed by atoms with Gasteiger partial charge in [-0.3, -0.25) is 0 Å². The van der Waals surface area contributed by atoms with Crippen LogP contribution in [-0.2, 0) is 0 Å². The molecular formula is C2H7N2+. The first-order valence-corrected chi connectivity index (χ1v) is 1.49. The average Bonchev–Trinajstić information content (AvgIpc) is 1.75. The van der Waals surface area contributed by atoms with Gasteiger partial charge in [0.15, 0.2) is 6.17 Å². The Morgan fingerprint density at radius 1 is 2.00 bits per heavy atom. The van der Waals surface area contributed by atoms with E-state index in [-0.39, 0.29) is 0 Å². The standard InChI is InChI=1S/C2H6N2/c1-2-3-4-2/h2-4H,1H3/p+1. The van der Waals surface area contributed by atoms with Crippen LogP contribution in [0, 0.1) is 0 Å². The number of rotatable bonds is 0. The molecule has 0 bridgehead atoms. The first-order valence-electron chi connectivity index (χ1n) is 1.49. The molecule has 0 aromatic rings. The Balaban J connectivity index is 2.17. The van der Waals surface area contributed by atoms with E-state index in [9.17, 15) is 0 Å². The highest BCUT2D eigenvalue weighted by atomic mass is 15.6. The normalized spacial score (nSPS) is 39.8. The minimum atomic E-state index is 0.708. The molecular weight excluding hydrogens is 52.0 g/mol. The minimum absolute atomic E-state index is 0.708. The summed E-state index contributed by atoms with van der Waals surface area (Å²) in [5.41, 5.74) is 5.01. The molecule has 1 aliphatic heterocycles. The Hall–Kier alpha value is -0.0800. The molecule has 1 heterocycles. The first kappa shape index (κ1) is 2.18. The molecule has 24 valence electrons. The van der Waals surface area contributed by atoms with Crippen LogP contribution in [0.15, 0.2) is 0 Å². The number of quaternary nitrogens is 1. The molecule has 0 amide bonds. The lowest BCUT2D eigenvalue weighted by Gasteiger charge is -1.41. The molecule has 0 aromatic heterocycles. The van der Waals surface area contributed by atoms with Crippen LogP contribution >= 0.6 is 0 Å². The highest BCUT2D eigenvalue weighted by Crippen LogP contribution is 1.59. The fourth-order valence-corrected chi connectivity index (χ4v) is 0.0962. The van der Waals surface area contributed by atoms with Gasteiger partial charge in [0.05, 0.1) is 0 Å². The molecule has 2 nitrogen and oxygen atoms in total. The van der Waals surface area contributed by atoms with Crippen molar-refractivity contribution >= 4 is 0 Å². The number of hydrogen-bond donors (Lipinski definition) is 2. The molecule has 4 heavy (non-hydrogen) atoms. The fourth-order valence-electron chi connectivity index (χ4n) is 0.0962. The Morgan fingerprint density at radius 3 is 2.25 bits per heavy atom. The van der Waals surface area contributed by atoms with E-state index in [1.54, 1.807) is 0 Å². The van der Waals surface area contributed by atoms with E-state index in [1.165, 1.54) is 0 Å². The summed E-state index contributed by atoms with van der Waals surface area (Å²) >= 11 is 0. The monoisotopic (exact) mass is 59.1 g/mol. The topological polar surface area (TPSA) is 38.5 Å². The molecule has 1 fully saturated rings. The van der Waals surface area contributed by atoms with Gasteiger partial charge in [-0.2, -0.15) is 0 Å². The van der Waals surface area contributed by atoms with Gasteiger partial charge < -0.3 is 0 Å². The van der Waals surface area contributed by atoms with Gasteiger partial charge in [0.2, 0.25) is 0 Å². The van der Waals surface area contributed by atoms with Crippen LogP contribution in [0.25, 0.3) is 0 Å². The average molecular weight is 59.1 g/mol. The maximum Gasteiger partial charge on any atom is 0.196 e. The van der Waals surface area contributed by atoms with Crippen LogP contribution in [0.2, 0.25) is 0 Å². The van der Waals surface area contributed by atoms with Crippen LogP contribution in [0.4, 0.5) is 0 Å². The van der Waals surface area contributed by atoms with E-state index >= 15 is 0 Å². The number of nitrogens with one attached hydrogen (secondary N) is 1. The molecule has 1 aliphatic rings. The molecule has 1 saturated heterocycles. The van der Waals surface area contributed by atoms with Gasteiger partial charge in [0.1, 0.15) is 0 Å². The van der Waals surface area contributed by atoms with E-state index in [0.29, 0.717) is 6.17 Å². The van der Waals surface area contributed by atoms with Crippen LogP contribution in [0.3, 0.4) is 0 Å². The highest BCUT2D eigenvalue weighted by molar-refractivity contribution is 4.31. The molecule has 3 N–H and O–H groups in total. The molecule has 0 aliphatic carbocycles. The van der Waals surface area contributed by atoms with Crippen molar-refractivity contribution in [1.29, 1.82) is 0 Å². The van der Waals surface area contributed by atoms with E-state index in [2.05, 4.69) is 12.3 Å². The molecule has 1 unspecified atom stereocenters. The van der Waals surface area contributed by atoms with Crippen molar-refractivity contribution in [2.75, 3.05) is 0 Å². The van der Waals surface area contributed by atoms with Gasteiger partial charge in [0.25, 0.3) is 0 Å². The Kier molecular flexibility index (Phi) is 0.242. The van der Waals surface area contributed by atoms with Crippen molar-refractivity contribution in [3.8, 4) is 0 Å². The molecule has 0 spiro atoms. The van der Waals surface area contributed by atoms with E-state index in [4.69, 9.17) is 0 Å². The third kappa shape index (κ3) is 0.191. The summed E-state index contributed by atoms with van der Waals surface area (Å²) in [6.07, 6.45) is 0.708. The van der Waals surface area contributed by atoms with Crippen molar-refractivity contribution in [2.45, 2.75) is 13.1 Å². The third-order valence-electron chi connectivity index (χ3n) is 0.500. The maximum absolute atomic E-state index is 2.97. The fraction of sp³-hybridized carbons (Fsp3) is 1.00. The van der Waals surface area contributed by atoms with Crippen molar-refractivity contribution < 1.29 is 5.43 Å². The van der Waals surface area contributed by atoms with Crippen molar-refractivity contribution in [2.24, 2.45) is 0 Å². The quantitative estimate of drug-likeness (QED) is 0.256. The Morgan fingerprint density at radius 2 is 2.25 bits per heavy atom. The Bertz CT molecular complexity index is 23.2. The molecule has 0 saturated carbocycles. The van der Waals surface area contributed by atoms with E-state index in [0.717, 1.165) is 0 Å². The summed E-state index contributed by atoms with van der Waals surface area (Å²) in [4.78, 5) is 0. The predicted octanol–water partition coefficient (Wildman–Crippen LogP) is -1.59. The summed E-state index contributed by atoms with van der Waals surface area (Å²) in [7, 11) is 0. The smallest absolute Gasteiger partial charge is 0.196 e. The van der Waals surface area contributed by atoms with Gasteiger partial charge in [-0.1, -0.05) is 0 Å². The van der Waals surface area contributed by atoms with Crippen LogP contribution in [-0.4, -0.2) is 6.17 Å². The summed E-state index contributed by atoms with van der Waals surface area (Å²) < 4.78 is 0. The van der Waals surface area contributed by atoms with Gasteiger partial charge in [-0.25, -0.2) is 5.43 Å². The zero-order chi connectivity index (χ0) is 2.99. The third-order valence-corrected chi connectivity index (χ3v) is 0.500. The van der Waals surface area contributed by atoms with Gasteiger partial charge in [-0.05, 0) is 0 Å². The lowest BCUT2D eigenvalue weighted by atomic mass is 10.7. The predicted molar refractivity (Wildman–Crippen MR) is 14.5 cm³/mol.